The molecule has 0 aliphatic carbocycles. The van der Waals surface area contributed by atoms with Crippen LogP contribution in [0.25, 0.3) is 0 Å². The minimum Gasteiger partial charge on any atom is -0.481 e. The van der Waals surface area contributed by atoms with Crippen LogP contribution >= 0.6 is 0 Å². The van der Waals surface area contributed by atoms with E-state index in [0.29, 0.717) is 13.0 Å². The molecule has 0 radical (unpaired) electrons. The molecule has 1 amide bonds. The highest BCUT2D eigenvalue weighted by Gasteiger charge is 2.38. The van der Waals surface area contributed by atoms with Crippen LogP contribution in [0.2, 0.25) is 0 Å². The molecule has 116 valence electrons. The van der Waals surface area contributed by atoms with Gasteiger partial charge in [0.05, 0.1) is 17.7 Å². The van der Waals surface area contributed by atoms with Crippen LogP contribution in [0.1, 0.15) is 27.2 Å². The van der Waals surface area contributed by atoms with E-state index >= 15 is 0 Å². The lowest BCUT2D eigenvalue weighted by Gasteiger charge is -2.21. The molecule has 2 N–H and O–H groups in total. The third-order valence-corrected chi connectivity index (χ3v) is 5.10. The number of hydrogen-bond acceptors (Lipinski definition) is 4. The van der Waals surface area contributed by atoms with Gasteiger partial charge in [0.1, 0.15) is 0 Å². The van der Waals surface area contributed by atoms with E-state index in [0.717, 1.165) is 0 Å². The second-order valence-electron chi connectivity index (χ2n) is 5.32. The average molecular weight is 306 g/mol. The van der Waals surface area contributed by atoms with E-state index < -0.39 is 28.0 Å². The van der Waals surface area contributed by atoms with Gasteiger partial charge in [-0.25, -0.2) is 13.1 Å². The summed E-state index contributed by atoms with van der Waals surface area (Å²) in [7, 11) is -3.46. The summed E-state index contributed by atoms with van der Waals surface area (Å²) in [5.41, 5.74) is 0. The number of amides is 1. The second-order valence-corrected chi connectivity index (χ2v) is 7.20. The van der Waals surface area contributed by atoms with Crippen LogP contribution in [-0.4, -0.2) is 55.2 Å². The summed E-state index contributed by atoms with van der Waals surface area (Å²) in [5.74, 6) is -2.04. The molecule has 0 bridgehead atoms. The molecule has 7 nitrogen and oxygen atoms in total. The van der Waals surface area contributed by atoms with Crippen LogP contribution in [0.5, 0.6) is 0 Å². The van der Waals surface area contributed by atoms with Gasteiger partial charge in [-0.2, -0.15) is 0 Å². The van der Waals surface area contributed by atoms with E-state index in [1.807, 2.05) is 0 Å². The fourth-order valence-electron chi connectivity index (χ4n) is 2.39. The lowest BCUT2D eigenvalue weighted by Crippen LogP contribution is -2.46. The van der Waals surface area contributed by atoms with Crippen molar-refractivity contribution in [3.63, 3.8) is 0 Å². The maximum atomic E-state index is 12.1. The Labute approximate surface area is 119 Å². The zero-order valence-electron chi connectivity index (χ0n) is 12.0. The van der Waals surface area contributed by atoms with Crippen LogP contribution < -0.4 is 4.72 Å². The number of carboxylic acid groups (broad SMARTS) is 1. The lowest BCUT2D eigenvalue weighted by molar-refractivity contribution is -0.142. The highest BCUT2D eigenvalue weighted by atomic mass is 32.2. The molecule has 1 rings (SSSR count). The lowest BCUT2D eigenvalue weighted by atomic mass is 9.99. The first-order valence-electron chi connectivity index (χ1n) is 6.69. The second kappa shape index (κ2) is 6.53. The van der Waals surface area contributed by atoms with Gasteiger partial charge in [0, 0.05) is 13.1 Å². The summed E-state index contributed by atoms with van der Waals surface area (Å²) >= 11 is 0. The van der Waals surface area contributed by atoms with Crippen LogP contribution in [-0.2, 0) is 19.6 Å². The molecule has 1 fully saturated rings. The minimum atomic E-state index is -3.46. The number of hydrogen-bond donors (Lipinski definition) is 2. The number of nitrogens with zero attached hydrogens (tertiary/aromatic N) is 1. The number of carboxylic acids is 1. The molecule has 3 unspecified atom stereocenters. The number of nitrogens with one attached hydrogen (secondary N) is 1. The Morgan fingerprint density at radius 2 is 2.00 bits per heavy atom. The topological polar surface area (TPSA) is 104 Å². The van der Waals surface area contributed by atoms with Gasteiger partial charge in [0.15, 0.2) is 0 Å². The zero-order valence-corrected chi connectivity index (χ0v) is 12.8. The Hall–Kier alpha value is -1.15. The summed E-state index contributed by atoms with van der Waals surface area (Å²) < 4.78 is 25.6. The van der Waals surface area contributed by atoms with Crippen molar-refractivity contribution in [3.8, 4) is 0 Å². The molecule has 0 aromatic carbocycles. The number of carbonyl (C=O) groups excluding carboxylic acids is 1. The molecule has 0 aromatic rings. The van der Waals surface area contributed by atoms with Crippen molar-refractivity contribution in [1.29, 1.82) is 0 Å². The van der Waals surface area contributed by atoms with Crippen LogP contribution in [0.4, 0.5) is 0 Å². The molecular weight excluding hydrogens is 284 g/mol. The highest BCUT2D eigenvalue weighted by Crippen LogP contribution is 2.23. The molecule has 1 aliphatic heterocycles. The van der Waals surface area contributed by atoms with Crippen LogP contribution in [0, 0.1) is 11.8 Å². The number of rotatable bonds is 6. The van der Waals surface area contributed by atoms with E-state index in [4.69, 9.17) is 5.11 Å². The van der Waals surface area contributed by atoms with Gasteiger partial charge in [-0.15, -0.1) is 0 Å². The average Bonchev–Trinajstić information content (AvgIpc) is 2.69. The summed E-state index contributed by atoms with van der Waals surface area (Å²) in [5, 5.41) is 9.03. The van der Waals surface area contributed by atoms with Crippen LogP contribution in [0.15, 0.2) is 0 Å². The molecule has 0 aromatic heterocycles. The Balaban J connectivity index is 2.65. The van der Waals surface area contributed by atoms with Crippen molar-refractivity contribution in [2.75, 3.05) is 18.8 Å². The van der Waals surface area contributed by atoms with E-state index in [-0.39, 0.29) is 24.1 Å². The fraction of sp³-hybridized carbons (Fsp3) is 0.833. The number of carbonyl (C=O) groups is 2. The third kappa shape index (κ3) is 4.17. The van der Waals surface area contributed by atoms with E-state index in [9.17, 15) is 18.0 Å². The maximum Gasteiger partial charge on any atom is 0.308 e. The van der Waals surface area contributed by atoms with E-state index in [1.165, 1.54) is 11.8 Å². The molecule has 1 heterocycles. The molecular formula is C12H22N2O5S. The van der Waals surface area contributed by atoms with Gasteiger partial charge in [-0.1, -0.05) is 13.8 Å². The highest BCUT2D eigenvalue weighted by molar-refractivity contribution is 7.89. The van der Waals surface area contributed by atoms with Gasteiger partial charge in [0.25, 0.3) is 0 Å². The number of aliphatic carboxylic acids is 1. The van der Waals surface area contributed by atoms with Gasteiger partial charge >= 0.3 is 5.97 Å². The van der Waals surface area contributed by atoms with Crippen molar-refractivity contribution in [3.05, 3.63) is 0 Å². The van der Waals surface area contributed by atoms with Crippen molar-refractivity contribution >= 4 is 21.9 Å². The van der Waals surface area contributed by atoms with Gasteiger partial charge < -0.3 is 10.0 Å². The molecule has 8 heteroatoms. The zero-order chi connectivity index (χ0) is 15.5. The first-order chi connectivity index (χ1) is 9.18. The largest absolute Gasteiger partial charge is 0.481 e. The number of sulfonamides is 1. The van der Waals surface area contributed by atoms with Crippen LogP contribution in [0.3, 0.4) is 0 Å². The normalized spacial score (nSPS) is 24.6. The molecule has 3 atom stereocenters. The molecule has 1 saturated heterocycles. The summed E-state index contributed by atoms with van der Waals surface area (Å²) in [6.07, 6.45) is 0.470. The Morgan fingerprint density at radius 1 is 1.40 bits per heavy atom. The SMILES string of the molecule is CCCS(=O)(=O)NC(C)C(=O)N1CC(C)C(C(=O)O)C1. The van der Waals surface area contributed by atoms with Gasteiger partial charge in [-0.05, 0) is 19.3 Å². The third-order valence-electron chi connectivity index (χ3n) is 3.44. The first kappa shape index (κ1) is 16.9. The van der Waals surface area contributed by atoms with Crippen molar-refractivity contribution in [1.82, 2.24) is 9.62 Å². The Kier molecular flexibility index (Phi) is 5.52. The Morgan fingerprint density at radius 3 is 2.45 bits per heavy atom. The smallest absolute Gasteiger partial charge is 0.308 e. The maximum absolute atomic E-state index is 12.1. The fourth-order valence-corrected chi connectivity index (χ4v) is 3.68. The summed E-state index contributed by atoms with van der Waals surface area (Å²) in [6, 6.07) is -0.869. The molecule has 0 saturated carbocycles. The van der Waals surface area contributed by atoms with E-state index in [1.54, 1.807) is 13.8 Å². The van der Waals surface area contributed by atoms with Gasteiger partial charge in [-0.3, -0.25) is 9.59 Å². The molecule has 20 heavy (non-hydrogen) atoms. The minimum absolute atomic E-state index is 0.0290. The van der Waals surface area contributed by atoms with Gasteiger partial charge in [0.2, 0.25) is 15.9 Å². The van der Waals surface area contributed by atoms with E-state index in [2.05, 4.69) is 4.72 Å². The van der Waals surface area contributed by atoms with Crippen molar-refractivity contribution in [2.24, 2.45) is 11.8 Å². The number of likely N-dealkylation sites (tertiary alicyclic amines) is 1. The first-order valence-corrected chi connectivity index (χ1v) is 8.34. The predicted octanol–water partition coefficient (Wildman–Crippen LogP) is -0.117. The monoisotopic (exact) mass is 306 g/mol. The standard InChI is InChI=1S/C12H22N2O5S/c1-4-5-20(18,19)13-9(3)11(15)14-6-8(2)10(7-14)12(16)17/h8-10,13H,4-7H2,1-3H3,(H,16,17). The quantitative estimate of drug-likeness (QED) is 0.712. The Bertz CT molecular complexity index is 476. The molecule has 1 aliphatic rings. The molecule has 0 spiro atoms. The summed E-state index contributed by atoms with van der Waals surface area (Å²) in [4.78, 5) is 24.6. The van der Waals surface area contributed by atoms with Crippen molar-refractivity contribution in [2.45, 2.75) is 33.2 Å². The predicted molar refractivity (Wildman–Crippen MR) is 73.5 cm³/mol. The van der Waals surface area contributed by atoms with Crippen molar-refractivity contribution < 1.29 is 23.1 Å². The summed E-state index contributed by atoms with van der Waals surface area (Å²) in [6.45, 7) is 5.47.